The van der Waals surface area contributed by atoms with Crippen molar-refractivity contribution in [1.82, 2.24) is 4.98 Å². The lowest BCUT2D eigenvalue weighted by atomic mass is 10.1. The summed E-state index contributed by atoms with van der Waals surface area (Å²) in [6, 6.07) is 5.18. The Kier molecular flexibility index (Phi) is 5.92. The zero-order chi connectivity index (χ0) is 17.6. The summed E-state index contributed by atoms with van der Waals surface area (Å²) in [4.78, 5) is 16.4. The lowest BCUT2D eigenvalue weighted by molar-refractivity contribution is -0.137. The van der Waals surface area contributed by atoms with Gasteiger partial charge in [0.1, 0.15) is 0 Å². The van der Waals surface area contributed by atoms with Gasteiger partial charge in [0.15, 0.2) is 5.13 Å². The van der Waals surface area contributed by atoms with Crippen LogP contribution in [0.15, 0.2) is 54.8 Å². The zero-order valence-electron chi connectivity index (χ0n) is 12.8. The summed E-state index contributed by atoms with van der Waals surface area (Å²) in [5, 5.41) is 3.02. The second-order valence-electron chi connectivity index (χ2n) is 4.88. The fourth-order valence-electron chi connectivity index (χ4n) is 1.91. The highest BCUT2D eigenvalue weighted by molar-refractivity contribution is 7.15. The smallest absolute Gasteiger partial charge is 0.298 e. The summed E-state index contributed by atoms with van der Waals surface area (Å²) < 4.78 is 38.1. The molecule has 0 saturated heterocycles. The van der Waals surface area contributed by atoms with Crippen LogP contribution in [-0.2, 0) is 17.4 Å². The molecule has 0 fully saturated rings. The van der Waals surface area contributed by atoms with Crippen LogP contribution < -0.4 is 5.32 Å². The first kappa shape index (κ1) is 17.9. The maximum atomic E-state index is 12.7. The van der Waals surface area contributed by atoms with Gasteiger partial charge in [-0.3, -0.25) is 10.1 Å². The van der Waals surface area contributed by atoms with Crippen molar-refractivity contribution in [1.29, 1.82) is 0 Å². The van der Waals surface area contributed by atoms with E-state index in [0.29, 0.717) is 17.1 Å². The van der Waals surface area contributed by atoms with Crippen molar-refractivity contribution < 1.29 is 18.0 Å². The van der Waals surface area contributed by atoms with Crippen LogP contribution in [0.1, 0.15) is 22.9 Å². The van der Waals surface area contributed by atoms with E-state index in [2.05, 4.69) is 10.3 Å². The minimum Gasteiger partial charge on any atom is -0.298 e. The normalized spacial score (nSPS) is 12.2. The molecule has 0 radical (unpaired) electrons. The van der Waals surface area contributed by atoms with E-state index in [1.54, 1.807) is 30.5 Å². The van der Waals surface area contributed by atoms with E-state index in [0.717, 1.165) is 17.0 Å². The van der Waals surface area contributed by atoms with Gasteiger partial charge in [-0.2, -0.15) is 13.2 Å². The van der Waals surface area contributed by atoms with Gasteiger partial charge in [-0.25, -0.2) is 4.98 Å². The molecule has 1 N–H and O–H groups in total. The average molecular weight is 352 g/mol. The SMILES string of the molecule is C/C=C/C=C/C(=O)Nc1ncc(Cc2cccc(C(F)(F)F)c2)s1. The van der Waals surface area contributed by atoms with E-state index >= 15 is 0 Å². The number of halogens is 3. The number of thiazole rings is 1. The van der Waals surface area contributed by atoms with Crippen LogP contribution in [0.2, 0.25) is 0 Å². The van der Waals surface area contributed by atoms with Crippen molar-refractivity contribution in [2.45, 2.75) is 19.5 Å². The van der Waals surface area contributed by atoms with Crippen molar-refractivity contribution in [2.75, 3.05) is 5.32 Å². The van der Waals surface area contributed by atoms with E-state index in [1.807, 2.05) is 6.92 Å². The Labute approximate surface area is 141 Å². The van der Waals surface area contributed by atoms with Crippen molar-refractivity contribution in [3.63, 3.8) is 0 Å². The van der Waals surface area contributed by atoms with E-state index in [-0.39, 0.29) is 5.91 Å². The molecule has 1 aromatic carbocycles. The molecule has 0 atom stereocenters. The quantitative estimate of drug-likeness (QED) is 0.619. The maximum absolute atomic E-state index is 12.7. The Morgan fingerprint density at radius 3 is 2.83 bits per heavy atom. The molecular formula is C17H15F3N2OS. The Morgan fingerprint density at radius 1 is 1.33 bits per heavy atom. The molecule has 1 aromatic heterocycles. The van der Waals surface area contributed by atoms with Gasteiger partial charge in [0.05, 0.1) is 5.56 Å². The minimum atomic E-state index is -4.36. The first-order chi connectivity index (χ1) is 11.4. The van der Waals surface area contributed by atoms with Crippen LogP contribution in [0.25, 0.3) is 0 Å². The number of anilines is 1. The lowest BCUT2D eigenvalue weighted by Gasteiger charge is -2.07. The summed E-state index contributed by atoms with van der Waals surface area (Å²) in [6.45, 7) is 1.84. The van der Waals surface area contributed by atoms with Crippen LogP contribution in [0.4, 0.5) is 18.3 Å². The molecule has 126 valence electrons. The first-order valence-corrected chi connectivity index (χ1v) is 7.91. The average Bonchev–Trinajstić information content (AvgIpc) is 2.94. The molecule has 24 heavy (non-hydrogen) atoms. The molecule has 0 spiro atoms. The maximum Gasteiger partial charge on any atom is 0.416 e. The van der Waals surface area contributed by atoms with Gasteiger partial charge in [-0.15, -0.1) is 11.3 Å². The van der Waals surface area contributed by atoms with Crippen molar-refractivity contribution in [3.05, 3.63) is 70.8 Å². The standard InChI is InChI=1S/C17H15F3N2OS/c1-2-3-4-8-15(23)22-16-21-11-14(24-16)10-12-6-5-7-13(9-12)17(18,19)20/h2-9,11H,10H2,1H3,(H,21,22,23)/b3-2+,8-4+. The highest BCUT2D eigenvalue weighted by Crippen LogP contribution is 2.30. The second-order valence-corrected chi connectivity index (χ2v) is 6.00. The van der Waals surface area contributed by atoms with Gasteiger partial charge in [0, 0.05) is 23.6 Å². The Bertz CT molecular complexity index is 763. The number of aromatic nitrogens is 1. The number of nitrogens with one attached hydrogen (secondary N) is 1. The van der Waals surface area contributed by atoms with Crippen LogP contribution >= 0.6 is 11.3 Å². The zero-order valence-corrected chi connectivity index (χ0v) is 13.6. The number of alkyl halides is 3. The van der Waals surface area contributed by atoms with E-state index in [4.69, 9.17) is 0 Å². The third-order valence-electron chi connectivity index (χ3n) is 2.97. The van der Waals surface area contributed by atoms with Crippen LogP contribution in [0.5, 0.6) is 0 Å². The number of rotatable bonds is 5. The molecular weight excluding hydrogens is 337 g/mol. The number of carbonyl (C=O) groups excluding carboxylic acids is 1. The molecule has 2 rings (SSSR count). The molecule has 0 bridgehead atoms. The third-order valence-corrected chi connectivity index (χ3v) is 3.88. The molecule has 0 saturated carbocycles. The van der Waals surface area contributed by atoms with Gasteiger partial charge in [0.2, 0.25) is 5.91 Å². The molecule has 2 aromatic rings. The van der Waals surface area contributed by atoms with E-state index in [9.17, 15) is 18.0 Å². The summed E-state index contributed by atoms with van der Waals surface area (Å²) >= 11 is 1.23. The van der Waals surface area contributed by atoms with Gasteiger partial charge < -0.3 is 0 Å². The topological polar surface area (TPSA) is 42.0 Å². The van der Waals surface area contributed by atoms with E-state index < -0.39 is 11.7 Å². The van der Waals surface area contributed by atoms with E-state index in [1.165, 1.54) is 23.5 Å². The van der Waals surface area contributed by atoms with Crippen LogP contribution in [0, 0.1) is 0 Å². The molecule has 3 nitrogen and oxygen atoms in total. The van der Waals surface area contributed by atoms with Gasteiger partial charge in [-0.1, -0.05) is 36.4 Å². The number of benzene rings is 1. The molecule has 0 unspecified atom stereocenters. The van der Waals surface area contributed by atoms with Gasteiger partial charge >= 0.3 is 6.18 Å². The third kappa shape index (κ3) is 5.34. The molecule has 7 heteroatoms. The molecule has 0 aliphatic heterocycles. The Hall–Kier alpha value is -2.41. The molecule has 0 aliphatic rings. The number of hydrogen-bond donors (Lipinski definition) is 1. The summed E-state index contributed by atoms with van der Waals surface area (Å²) in [6.07, 6.45) is 4.01. The van der Waals surface area contributed by atoms with Gasteiger partial charge in [0.25, 0.3) is 0 Å². The number of hydrogen-bond acceptors (Lipinski definition) is 3. The number of allylic oxidation sites excluding steroid dienone is 3. The van der Waals surface area contributed by atoms with Crippen molar-refractivity contribution in [3.8, 4) is 0 Å². The van der Waals surface area contributed by atoms with Crippen molar-refractivity contribution >= 4 is 22.4 Å². The molecule has 0 aliphatic carbocycles. The fourth-order valence-corrected chi connectivity index (χ4v) is 2.76. The Balaban J connectivity index is 2.03. The van der Waals surface area contributed by atoms with Gasteiger partial charge in [-0.05, 0) is 18.6 Å². The summed E-state index contributed by atoms with van der Waals surface area (Å²) in [5.41, 5.74) is -0.133. The number of amides is 1. The molecule has 1 amide bonds. The van der Waals surface area contributed by atoms with Crippen molar-refractivity contribution in [2.24, 2.45) is 0 Å². The fraction of sp³-hybridized carbons (Fsp3) is 0.176. The highest BCUT2D eigenvalue weighted by Gasteiger charge is 2.30. The molecule has 1 heterocycles. The summed E-state index contributed by atoms with van der Waals surface area (Å²) in [7, 11) is 0. The summed E-state index contributed by atoms with van der Waals surface area (Å²) in [5.74, 6) is -0.312. The largest absolute Gasteiger partial charge is 0.416 e. The predicted octanol–water partition coefficient (Wildman–Crippen LogP) is 4.82. The lowest BCUT2D eigenvalue weighted by Crippen LogP contribution is -2.06. The predicted molar refractivity (Wildman–Crippen MR) is 88.9 cm³/mol. The van der Waals surface area contributed by atoms with Crippen LogP contribution in [0.3, 0.4) is 0 Å². The monoisotopic (exact) mass is 352 g/mol. The van der Waals surface area contributed by atoms with Crippen LogP contribution in [-0.4, -0.2) is 10.9 Å². The second kappa shape index (κ2) is 7.92. The number of nitrogens with zero attached hydrogens (tertiary/aromatic N) is 1. The Morgan fingerprint density at radius 2 is 2.12 bits per heavy atom. The first-order valence-electron chi connectivity index (χ1n) is 7.09. The number of carbonyl (C=O) groups is 1. The minimum absolute atomic E-state index is 0.312. The highest BCUT2D eigenvalue weighted by atomic mass is 32.1.